The Bertz CT molecular complexity index is 1700. The Morgan fingerprint density at radius 2 is 1.88 bits per heavy atom. The third kappa shape index (κ3) is 6.42. The van der Waals surface area contributed by atoms with Gasteiger partial charge in [-0.3, -0.25) is 19.9 Å². The van der Waals surface area contributed by atoms with Gasteiger partial charge in [0.1, 0.15) is 10.6 Å². The number of ether oxygens (including phenoxy) is 1. The van der Waals surface area contributed by atoms with Crippen LogP contribution in [0.2, 0.25) is 0 Å². The second-order valence-electron chi connectivity index (χ2n) is 9.34. The molecule has 0 spiro atoms. The summed E-state index contributed by atoms with van der Waals surface area (Å²) in [5.74, 6) is -0.538. The molecule has 2 aromatic carbocycles. The van der Waals surface area contributed by atoms with Crippen LogP contribution in [0.1, 0.15) is 46.1 Å². The van der Waals surface area contributed by atoms with Crippen molar-refractivity contribution < 1.29 is 22.9 Å². The molecule has 1 amide bonds. The zero-order valence-electron chi connectivity index (χ0n) is 23.0. The Balaban J connectivity index is 1.83. The normalized spacial score (nSPS) is 11.3. The van der Waals surface area contributed by atoms with Gasteiger partial charge in [0.15, 0.2) is 5.69 Å². The number of sulfonamides is 1. The molecule has 214 valence electrons. The van der Waals surface area contributed by atoms with E-state index in [2.05, 4.69) is 20.1 Å². The number of nitro groups is 1. The first kappa shape index (κ1) is 29.4. The molecule has 2 aromatic heterocycles. The summed E-state index contributed by atoms with van der Waals surface area (Å²) >= 11 is 0. The largest absolute Gasteiger partial charge is 0.437 e. The Morgan fingerprint density at radius 3 is 2.56 bits per heavy atom. The summed E-state index contributed by atoms with van der Waals surface area (Å²) in [4.78, 5) is 27.7. The molecule has 0 fully saturated rings. The minimum absolute atomic E-state index is 0.0697. The van der Waals surface area contributed by atoms with Crippen molar-refractivity contribution in [3.63, 3.8) is 0 Å². The van der Waals surface area contributed by atoms with E-state index in [4.69, 9.17) is 4.74 Å². The molecule has 0 saturated heterocycles. The van der Waals surface area contributed by atoms with Crippen LogP contribution in [-0.4, -0.2) is 40.6 Å². The number of amides is 1. The maximum atomic E-state index is 13.3. The zero-order chi connectivity index (χ0) is 29.7. The molecule has 4 aromatic rings. The molecule has 0 aliphatic rings. The number of rotatable bonds is 11. The van der Waals surface area contributed by atoms with E-state index in [9.17, 15) is 23.3 Å². The van der Waals surface area contributed by atoms with Crippen molar-refractivity contribution in [3.8, 4) is 17.3 Å². The number of non-ortho nitro benzene ring substituents is 1. The van der Waals surface area contributed by atoms with Crippen LogP contribution in [0.5, 0.6) is 11.6 Å². The van der Waals surface area contributed by atoms with Crippen molar-refractivity contribution in [1.29, 1.82) is 0 Å². The zero-order valence-corrected chi connectivity index (χ0v) is 23.9. The fourth-order valence-corrected chi connectivity index (χ4v) is 5.31. The number of hydrogen-bond donors (Lipinski definition) is 2. The first-order valence-corrected chi connectivity index (χ1v) is 14.3. The van der Waals surface area contributed by atoms with Gasteiger partial charge in [-0.15, -0.1) is 0 Å². The molecule has 12 nitrogen and oxygen atoms in total. The molecule has 0 radical (unpaired) electrons. The molecule has 0 atom stereocenters. The van der Waals surface area contributed by atoms with Crippen LogP contribution in [0.15, 0.2) is 65.8 Å². The number of nitrogens with zero attached hydrogens (tertiary/aromatic N) is 4. The average Bonchev–Trinajstić information content (AvgIpc) is 3.28. The number of aromatic nitrogens is 3. The Morgan fingerprint density at radius 1 is 1.10 bits per heavy atom. The summed E-state index contributed by atoms with van der Waals surface area (Å²) in [6, 6.07) is 12.5. The molecule has 0 aliphatic carbocycles. The second-order valence-corrected chi connectivity index (χ2v) is 11.1. The highest BCUT2D eigenvalue weighted by molar-refractivity contribution is 7.89. The topological polar surface area (TPSA) is 158 Å². The lowest BCUT2D eigenvalue weighted by Gasteiger charge is -2.15. The van der Waals surface area contributed by atoms with Gasteiger partial charge in [0.05, 0.1) is 10.6 Å². The fraction of sp³-hybridized carbons (Fsp3) is 0.250. The Labute approximate surface area is 237 Å². The van der Waals surface area contributed by atoms with Gasteiger partial charge in [0, 0.05) is 43.2 Å². The van der Waals surface area contributed by atoms with Crippen LogP contribution in [0.3, 0.4) is 0 Å². The van der Waals surface area contributed by atoms with E-state index in [0.29, 0.717) is 17.7 Å². The first-order chi connectivity index (χ1) is 19.5. The highest BCUT2D eigenvalue weighted by Gasteiger charge is 2.28. The smallest absolute Gasteiger partial charge is 0.272 e. The quantitative estimate of drug-likeness (QED) is 0.194. The summed E-state index contributed by atoms with van der Waals surface area (Å²) < 4.78 is 36.3. The van der Waals surface area contributed by atoms with E-state index in [1.807, 2.05) is 32.0 Å². The molecule has 0 unspecified atom stereocenters. The Kier molecular flexibility index (Phi) is 8.79. The number of hydrogen-bond acceptors (Lipinski definition) is 8. The van der Waals surface area contributed by atoms with Crippen molar-refractivity contribution in [2.24, 2.45) is 0 Å². The van der Waals surface area contributed by atoms with Crippen molar-refractivity contribution in [2.45, 2.75) is 45.6 Å². The van der Waals surface area contributed by atoms with Crippen LogP contribution < -0.4 is 14.8 Å². The minimum Gasteiger partial charge on any atom is -0.437 e. The number of carbonyl (C=O) groups is 1. The van der Waals surface area contributed by atoms with E-state index in [1.165, 1.54) is 10.7 Å². The standard InChI is InChI=1S/C28H30N6O6S/c1-5-13-31-41(38,39)25-15-22(34(36)37)11-12-24(25)40-28-20(4)26(27(35)30-17-21-9-7-14-29-16-21)32-33(28)23-10-6-8-18(2)19(23)3/h6-12,14-16,31H,5,13,17H2,1-4H3,(H,30,35). The lowest BCUT2D eigenvalue weighted by molar-refractivity contribution is -0.385. The van der Waals surface area contributed by atoms with Gasteiger partial charge in [0.2, 0.25) is 15.9 Å². The highest BCUT2D eigenvalue weighted by atomic mass is 32.2. The number of benzene rings is 2. The molecule has 2 heterocycles. The van der Waals surface area contributed by atoms with E-state index >= 15 is 0 Å². The van der Waals surface area contributed by atoms with Gasteiger partial charge in [0.25, 0.3) is 11.6 Å². The number of pyridine rings is 1. The average molecular weight is 579 g/mol. The molecule has 41 heavy (non-hydrogen) atoms. The van der Waals surface area contributed by atoms with Gasteiger partial charge in [-0.05, 0) is 62.1 Å². The van der Waals surface area contributed by atoms with Gasteiger partial charge in [-0.25, -0.2) is 13.1 Å². The van der Waals surface area contributed by atoms with Gasteiger partial charge in [-0.2, -0.15) is 9.78 Å². The predicted molar refractivity (Wildman–Crippen MR) is 152 cm³/mol. The molecule has 2 N–H and O–H groups in total. The summed E-state index contributed by atoms with van der Waals surface area (Å²) in [5, 5.41) is 18.8. The number of nitrogens with one attached hydrogen (secondary N) is 2. The van der Waals surface area contributed by atoms with Crippen molar-refractivity contribution >= 4 is 21.6 Å². The van der Waals surface area contributed by atoms with Gasteiger partial charge < -0.3 is 10.1 Å². The third-order valence-electron chi connectivity index (χ3n) is 6.44. The van der Waals surface area contributed by atoms with Crippen molar-refractivity contribution in [3.05, 3.63) is 99.0 Å². The second kappa shape index (κ2) is 12.3. The summed E-state index contributed by atoms with van der Waals surface area (Å²) in [6.07, 6.45) is 3.79. The van der Waals surface area contributed by atoms with E-state index in [1.54, 1.807) is 38.4 Å². The van der Waals surface area contributed by atoms with E-state index < -0.39 is 31.4 Å². The molecular formula is C28H30N6O6S. The lowest BCUT2D eigenvalue weighted by Crippen LogP contribution is -2.25. The van der Waals surface area contributed by atoms with E-state index in [0.717, 1.165) is 28.8 Å². The molecule has 4 rings (SSSR count). The third-order valence-corrected chi connectivity index (χ3v) is 7.92. The van der Waals surface area contributed by atoms with Crippen LogP contribution in [0.25, 0.3) is 5.69 Å². The maximum absolute atomic E-state index is 13.3. The molecule has 0 bridgehead atoms. The predicted octanol–water partition coefficient (Wildman–Crippen LogP) is 4.51. The lowest BCUT2D eigenvalue weighted by atomic mass is 10.1. The van der Waals surface area contributed by atoms with Gasteiger partial charge in [-0.1, -0.05) is 25.1 Å². The molecule has 13 heteroatoms. The van der Waals surface area contributed by atoms with E-state index in [-0.39, 0.29) is 30.4 Å². The van der Waals surface area contributed by atoms with Crippen LogP contribution in [0, 0.1) is 30.9 Å². The van der Waals surface area contributed by atoms with Gasteiger partial charge >= 0.3 is 0 Å². The van der Waals surface area contributed by atoms with Crippen LogP contribution in [-0.2, 0) is 16.6 Å². The van der Waals surface area contributed by atoms with Crippen LogP contribution >= 0.6 is 0 Å². The van der Waals surface area contributed by atoms with Crippen molar-refractivity contribution in [2.75, 3.05) is 6.54 Å². The summed E-state index contributed by atoms with van der Waals surface area (Å²) in [6.45, 7) is 7.59. The molecular weight excluding hydrogens is 548 g/mol. The Hall–Kier alpha value is -4.62. The molecule has 0 aliphatic heterocycles. The highest BCUT2D eigenvalue weighted by Crippen LogP contribution is 2.36. The molecule has 0 saturated carbocycles. The van der Waals surface area contributed by atoms with Crippen LogP contribution in [0.4, 0.5) is 5.69 Å². The monoisotopic (exact) mass is 578 g/mol. The summed E-state index contributed by atoms with van der Waals surface area (Å²) in [7, 11) is -4.18. The SMILES string of the molecule is CCCNS(=O)(=O)c1cc([N+](=O)[O-])ccc1Oc1c(C)c(C(=O)NCc2cccnc2)nn1-c1cccc(C)c1C. The minimum atomic E-state index is -4.18. The summed E-state index contributed by atoms with van der Waals surface area (Å²) in [5.41, 5.74) is 3.24. The number of aryl methyl sites for hydroxylation is 1. The first-order valence-electron chi connectivity index (χ1n) is 12.8. The van der Waals surface area contributed by atoms with Crippen molar-refractivity contribution in [1.82, 2.24) is 24.8 Å². The fourth-order valence-electron chi connectivity index (χ4n) is 4.04. The maximum Gasteiger partial charge on any atom is 0.272 e. The number of carbonyl (C=O) groups excluding carboxylic acids is 1. The number of nitro benzene ring substituents is 1.